The normalized spacial score (nSPS) is 21.2. The Bertz CT molecular complexity index is 1290. The van der Waals surface area contributed by atoms with Gasteiger partial charge in [0.2, 0.25) is 11.9 Å². The van der Waals surface area contributed by atoms with Gasteiger partial charge in [-0.25, -0.2) is 14.4 Å². The third kappa shape index (κ3) is 10.7. The van der Waals surface area contributed by atoms with Gasteiger partial charge in [-0.1, -0.05) is 24.1 Å². The minimum Gasteiger partial charge on any atom is -0.493 e. The zero-order chi connectivity index (χ0) is 34.7. The van der Waals surface area contributed by atoms with Gasteiger partial charge in [0.05, 0.1) is 49.8 Å². The fraction of sp³-hybridized carbons (Fsp3) is 0.676. The molecule has 1 aromatic carbocycles. The standard InChI is InChI=1S/C34H50ClFN4O8/c1-47-22-34(10-2-5-28(42)31(45)32(46)29(43)20-41)11-14-40(21-34)30(44)16-24-6-7-26(17-27(24)36)48-15-3-4-23-8-12-39(13-9-23)33-37-18-25(35)19-38-33/h6-7,17-19,23,28-29,31-32,41-43,45-46H,2-5,8-16,20-22H2,1H3/t28-,29+,31+,32+,34?/m0/s1. The van der Waals surface area contributed by atoms with Gasteiger partial charge in [-0.2, -0.15) is 0 Å². The van der Waals surface area contributed by atoms with Gasteiger partial charge in [0.15, 0.2) is 0 Å². The molecule has 1 unspecified atom stereocenters. The van der Waals surface area contributed by atoms with Crippen LogP contribution >= 0.6 is 11.6 Å². The largest absolute Gasteiger partial charge is 0.493 e. The van der Waals surface area contributed by atoms with E-state index in [2.05, 4.69) is 14.9 Å². The van der Waals surface area contributed by atoms with Crippen molar-refractivity contribution in [1.29, 1.82) is 0 Å². The van der Waals surface area contributed by atoms with E-state index in [9.17, 15) is 25.2 Å². The molecule has 2 saturated heterocycles. The average molecular weight is 697 g/mol. The summed E-state index contributed by atoms with van der Waals surface area (Å²) in [5.41, 5.74) is -0.0646. The van der Waals surface area contributed by atoms with Gasteiger partial charge in [-0.3, -0.25) is 4.79 Å². The van der Waals surface area contributed by atoms with Crippen LogP contribution in [0.3, 0.4) is 0 Å². The number of hydrogen-bond acceptors (Lipinski definition) is 11. The third-order valence-electron chi connectivity index (χ3n) is 9.67. The Labute approximate surface area is 286 Å². The van der Waals surface area contributed by atoms with E-state index in [1.165, 1.54) is 6.07 Å². The van der Waals surface area contributed by atoms with Crippen molar-refractivity contribution in [3.8, 4) is 5.75 Å². The van der Waals surface area contributed by atoms with Crippen LogP contribution in [0.2, 0.25) is 5.02 Å². The summed E-state index contributed by atoms with van der Waals surface area (Å²) in [7, 11) is 1.58. The number of benzene rings is 1. The SMILES string of the molecule is COCC1(CCC[C@H](O)[C@@H](O)[C@H](O)[C@H](O)CO)CCN(C(=O)Cc2ccc(OCCCC3CCN(c4ncc(Cl)cn4)CC3)cc2F)C1. The minimum atomic E-state index is -1.67. The number of piperidine rings is 1. The smallest absolute Gasteiger partial charge is 0.227 e. The number of carbonyl (C=O) groups is 1. The zero-order valence-corrected chi connectivity index (χ0v) is 28.3. The molecule has 2 fully saturated rings. The molecule has 0 spiro atoms. The summed E-state index contributed by atoms with van der Waals surface area (Å²) >= 11 is 5.89. The Morgan fingerprint density at radius 2 is 1.79 bits per heavy atom. The van der Waals surface area contributed by atoms with Crippen LogP contribution in [0.25, 0.3) is 0 Å². The fourth-order valence-corrected chi connectivity index (χ4v) is 6.85. The summed E-state index contributed by atoms with van der Waals surface area (Å²) < 4.78 is 26.3. The molecule has 2 aliphatic rings. The molecule has 268 valence electrons. The Kier molecular flexibility index (Phi) is 14.6. The summed E-state index contributed by atoms with van der Waals surface area (Å²) in [6, 6.07) is 4.64. The highest BCUT2D eigenvalue weighted by Gasteiger charge is 2.40. The van der Waals surface area contributed by atoms with Crippen molar-refractivity contribution in [2.24, 2.45) is 11.3 Å². The minimum absolute atomic E-state index is 0.0785. The molecular weight excluding hydrogens is 647 g/mol. The van der Waals surface area contributed by atoms with Gasteiger partial charge in [-0.15, -0.1) is 0 Å². The molecule has 5 atom stereocenters. The fourth-order valence-electron chi connectivity index (χ4n) is 6.76. The second-order valence-electron chi connectivity index (χ2n) is 13.2. The summed E-state index contributed by atoms with van der Waals surface area (Å²) in [4.78, 5) is 25.7. The number of aromatic nitrogens is 2. The number of carbonyl (C=O) groups excluding carboxylic acids is 1. The van der Waals surface area contributed by atoms with Crippen molar-refractivity contribution in [3.63, 3.8) is 0 Å². The molecular formula is C34H50ClFN4O8. The van der Waals surface area contributed by atoms with Crippen molar-refractivity contribution in [1.82, 2.24) is 14.9 Å². The van der Waals surface area contributed by atoms with Crippen molar-refractivity contribution < 1.29 is 44.2 Å². The van der Waals surface area contributed by atoms with E-state index < -0.39 is 36.8 Å². The van der Waals surface area contributed by atoms with Gasteiger partial charge < -0.3 is 44.8 Å². The summed E-state index contributed by atoms with van der Waals surface area (Å²) in [5.74, 6) is 1.05. The van der Waals surface area contributed by atoms with Gasteiger partial charge in [-0.05, 0) is 62.5 Å². The van der Waals surface area contributed by atoms with Gasteiger partial charge in [0.1, 0.15) is 29.9 Å². The number of nitrogens with zero attached hydrogens (tertiary/aromatic N) is 4. The van der Waals surface area contributed by atoms with Gasteiger partial charge in [0.25, 0.3) is 0 Å². The van der Waals surface area contributed by atoms with Crippen LogP contribution in [0.4, 0.5) is 10.3 Å². The number of hydrogen-bond donors (Lipinski definition) is 5. The van der Waals surface area contributed by atoms with E-state index in [4.69, 9.17) is 26.2 Å². The van der Waals surface area contributed by atoms with E-state index in [-0.39, 0.29) is 24.2 Å². The summed E-state index contributed by atoms with van der Waals surface area (Å²) in [5, 5.41) is 49.3. The first-order chi connectivity index (χ1) is 23.0. The van der Waals surface area contributed by atoms with Crippen molar-refractivity contribution in [3.05, 3.63) is 47.0 Å². The number of amides is 1. The summed E-state index contributed by atoms with van der Waals surface area (Å²) in [6.07, 6.45) is 2.86. The Balaban J connectivity index is 1.17. The number of aliphatic hydroxyl groups is 5. The molecule has 1 aromatic heterocycles. The van der Waals surface area contributed by atoms with Crippen LogP contribution in [-0.4, -0.2) is 124 Å². The molecule has 3 heterocycles. The molecule has 14 heteroatoms. The monoisotopic (exact) mass is 696 g/mol. The lowest BCUT2D eigenvalue weighted by Gasteiger charge is -2.31. The van der Waals surface area contributed by atoms with Crippen LogP contribution in [-0.2, 0) is 16.0 Å². The number of ether oxygens (including phenoxy) is 2. The van der Waals surface area contributed by atoms with E-state index in [1.807, 2.05) is 0 Å². The molecule has 0 aliphatic carbocycles. The zero-order valence-electron chi connectivity index (χ0n) is 27.6. The number of rotatable bonds is 18. The first kappa shape index (κ1) is 38.2. The highest BCUT2D eigenvalue weighted by Crippen LogP contribution is 2.37. The number of likely N-dealkylation sites (tertiary alicyclic amines) is 1. The van der Waals surface area contributed by atoms with E-state index in [1.54, 1.807) is 36.5 Å². The second kappa shape index (κ2) is 18.4. The molecule has 0 bridgehead atoms. The van der Waals surface area contributed by atoms with E-state index >= 15 is 4.39 Å². The van der Waals surface area contributed by atoms with Crippen LogP contribution in [0, 0.1) is 17.2 Å². The number of anilines is 1. The molecule has 12 nitrogen and oxygen atoms in total. The first-order valence-electron chi connectivity index (χ1n) is 16.8. The maximum atomic E-state index is 15.0. The average Bonchev–Trinajstić information content (AvgIpc) is 3.51. The second-order valence-corrected chi connectivity index (χ2v) is 13.7. The lowest BCUT2D eigenvalue weighted by molar-refractivity contribution is -0.130. The number of methoxy groups -OCH3 is 1. The van der Waals surface area contributed by atoms with Crippen molar-refractivity contribution >= 4 is 23.5 Å². The molecule has 0 saturated carbocycles. The third-order valence-corrected chi connectivity index (χ3v) is 9.86. The Morgan fingerprint density at radius 1 is 1.08 bits per heavy atom. The van der Waals surface area contributed by atoms with Gasteiger partial charge >= 0.3 is 0 Å². The maximum Gasteiger partial charge on any atom is 0.227 e. The molecule has 2 aliphatic heterocycles. The van der Waals surface area contributed by atoms with Crippen molar-refractivity contribution in [2.75, 3.05) is 58.0 Å². The van der Waals surface area contributed by atoms with Crippen molar-refractivity contribution in [2.45, 2.75) is 82.2 Å². The molecule has 0 radical (unpaired) electrons. The lowest BCUT2D eigenvalue weighted by atomic mass is 9.82. The van der Waals surface area contributed by atoms with E-state index in [0.717, 1.165) is 38.8 Å². The quantitative estimate of drug-likeness (QED) is 0.145. The molecule has 1 amide bonds. The first-order valence-corrected chi connectivity index (χ1v) is 17.2. The predicted octanol–water partition coefficient (Wildman–Crippen LogP) is 2.36. The molecule has 48 heavy (non-hydrogen) atoms. The van der Waals surface area contributed by atoms with Crippen LogP contribution in [0.5, 0.6) is 5.75 Å². The molecule has 4 rings (SSSR count). The Morgan fingerprint density at radius 3 is 2.46 bits per heavy atom. The highest BCUT2D eigenvalue weighted by atomic mass is 35.5. The molecule has 5 N–H and O–H groups in total. The Hall–Kier alpha value is -2.65. The predicted molar refractivity (Wildman–Crippen MR) is 177 cm³/mol. The van der Waals surface area contributed by atoms with E-state index in [0.29, 0.717) is 73.8 Å². The van der Waals surface area contributed by atoms with Gasteiger partial charge in [0, 0.05) is 44.8 Å². The summed E-state index contributed by atoms with van der Waals surface area (Å²) in [6.45, 7) is 2.83. The number of halogens is 2. The lowest BCUT2D eigenvalue weighted by Crippen LogP contribution is -2.45. The van der Waals surface area contributed by atoms with Crippen LogP contribution < -0.4 is 9.64 Å². The molecule has 2 aromatic rings. The topological polar surface area (TPSA) is 169 Å². The van der Waals surface area contributed by atoms with Crippen LogP contribution in [0.1, 0.15) is 56.9 Å². The maximum absolute atomic E-state index is 15.0. The highest BCUT2D eigenvalue weighted by molar-refractivity contribution is 6.30. The number of aliphatic hydroxyl groups excluding tert-OH is 5. The van der Waals surface area contributed by atoms with Crippen LogP contribution in [0.15, 0.2) is 30.6 Å².